The van der Waals surface area contributed by atoms with Crippen LogP contribution in [0.15, 0.2) is 54.6 Å². The Kier molecular flexibility index (Phi) is 6.77. The van der Waals surface area contributed by atoms with Crippen LogP contribution in [-0.4, -0.2) is 42.0 Å². The molecule has 4 rings (SSSR count). The van der Waals surface area contributed by atoms with Crippen molar-refractivity contribution in [2.24, 2.45) is 0 Å². The zero-order valence-corrected chi connectivity index (χ0v) is 17.6. The number of benzene rings is 2. The summed E-state index contributed by atoms with van der Waals surface area (Å²) in [5.41, 5.74) is 3.14. The number of hydrogen-bond donors (Lipinski definition) is 2. The fourth-order valence-corrected chi connectivity index (χ4v) is 3.57. The molecule has 2 heterocycles. The van der Waals surface area contributed by atoms with E-state index in [0.717, 1.165) is 18.7 Å². The van der Waals surface area contributed by atoms with E-state index in [0.29, 0.717) is 35.8 Å². The molecule has 9 heteroatoms. The summed E-state index contributed by atoms with van der Waals surface area (Å²) in [5.74, 6) is -0.277. The van der Waals surface area contributed by atoms with E-state index in [1.165, 1.54) is 12.1 Å². The van der Waals surface area contributed by atoms with Crippen molar-refractivity contribution in [3.63, 3.8) is 0 Å². The van der Waals surface area contributed by atoms with Gasteiger partial charge in [0, 0.05) is 30.9 Å². The molecule has 1 aromatic heterocycles. The number of carbonyl (C=O) groups is 1. The van der Waals surface area contributed by atoms with Gasteiger partial charge in [0.05, 0.1) is 18.4 Å². The van der Waals surface area contributed by atoms with Crippen LogP contribution in [-0.2, 0) is 11.3 Å². The van der Waals surface area contributed by atoms with Crippen molar-refractivity contribution < 1.29 is 23.0 Å². The van der Waals surface area contributed by atoms with E-state index in [4.69, 9.17) is 4.74 Å². The van der Waals surface area contributed by atoms with Crippen molar-refractivity contribution in [1.29, 1.82) is 0 Å². The van der Waals surface area contributed by atoms with Gasteiger partial charge < -0.3 is 20.1 Å². The fraction of sp³-hybridized carbons (Fsp3) is 0.304. The van der Waals surface area contributed by atoms with Crippen molar-refractivity contribution in [2.75, 3.05) is 25.0 Å². The molecule has 0 spiro atoms. The Labute approximate surface area is 184 Å². The normalized spacial score (nSPS) is 16.2. The second-order valence-corrected chi connectivity index (χ2v) is 7.28. The molecule has 1 saturated heterocycles. The Morgan fingerprint density at radius 2 is 2.09 bits per heavy atom. The maximum absolute atomic E-state index is 12.9. The van der Waals surface area contributed by atoms with Crippen molar-refractivity contribution in [3.05, 3.63) is 65.9 Å². The summed E-state index contributed by atoms with van der Waals surface area (Å²) < 4.78 is 36.8. The van der Waals surface area contributed by atoms with Gasteiger partial charge in [0.25, 0.3) is 5.91 Å². The lowest BCUT2D eigenvalue weighted by Crippen LogP contribution is -2.33. The Bertz CT molecular complexity index is 1060. The van der Waals surface area contributed by atoms with Crippen LogP contribution in [0.5, 0.6) is 5.75 Å². The number of alkyl halides is 2. The molecule has 1 amide bonds. The van der Waals surface area contributed by atoms with Crippen LogP contribution in [0, 0.1) is 0 Å². The zero-order chi connectivity index (χ0) is 22.5. The van der Waals surface area contributed by atoms with Gasteiger partial charge in [-0.05, 0) is 42.8 Å². The molecule has 1 aliphatic rings. The maximum Gasteiger partial charge on any atom is 0.387 e. The van der Waals surface area contributed by atoms with Crippen LogP contribution < -0.4 is 15.4 Å². The van der Waals surface area contributed by atoms with Crippen molar-refractivity contribution in [2.45, 2.75) is 26.2 Å². The third kappa shape index (κ3) is 5.12. The van der Waals surface area contributed by atoms with Gasteiger partial charge in [0.15, 0.2) is 0 Å². The number of anilines is 1. The van der Waals surface area contributed by atoms with Gasteiger partial charge in [-0.15, -0.1) is 0 Å². The smallest absolute Gasteiger partial charge is 0.387 e. The van der Waals surface area contributed by atoms with E-state index >= 15 is 0 Å². The third-order valence-electron chi connectivity index (χ3n) is 5.14. The summed E-state index contributed by atoms with van der Waals surface area (Å²) in [6, 6.07) is 15.4. The minimum Gasteiger partial charge on any atom is -0.435 e. The largest absolute Gasteiger partial charge is 0.435 e. The minimum absolute atomic E-state index is 0.00222. The van der Waals surface area contributed by atoms with Crippen LogP contribution in [0.2, 0.25) is 0 Å². The van der Waals surface area contributed by atoms with Crippen LogP contribution in [0.3, 0.4) is 0 Å². The molecule has 1 aliphatic heterocycles. The number of nitrogens with one attached hydrogen (secondary N) is 2. The second kappa shape index (κ2) is 9.88. The average Bonchev–Trinajstić information content (AvgIpc) is 3.25. The lowest BCUT2D eigenvalue weighted by Gasteiger charge is -2.24. The molecule has 0 radical (unpaired) electrons. The van der Waals surface area contributed by atoms with Gasteiger partial charge in [-0.2, -0.15) is 13.9 Å². The topological polar surface area (TPSA) is 77.4 Å². The van der Waals surface area contributed by atoms with Gasteiger partial charge in [0.2, 0.25) is 0 Å². The summed E-state index contributed by atoms with van der Waals surface area (Å²) in [5, 5.41) is 10.6. The van der Waals surface area contributed by atoms with E-state index in [1.54, 1.807) is 22.9 Å². The van der Waals surface area contributed by atoms with Gasteiger partial charge in [-0.1, -0.05) is 24.3 Å². The molecule has 0 saturated carbocycles. The highest BCUT2D eigenvalue weighted by atomic mass is 19.3. The first-order valence-electron chi connectivity index (χ1n) is 10.4. The number of aromatic nitrogens is 2. The molecule has 32 heavy (non-hydrogen) atoms. The quantitative estimate of drug-likeness (QED) is 0.577. The predicted molar refractivity (Wildman–Crippen MR) is 116 cm³/mol. The van der Waals surface area contributed by atoms with Gasteiger partial charge in [-0.25, -0.2) is 0 Å². The van der Waals surface area contributed by atoms with E-state index < -0.39 is 6.61 Å². The molecule has 0 bridgehead atoms. The second-order valence-electron chi connectivity index (χ2n) is 7.28. The average molecular weight is 442 g/mol. The Balaban J connectivity index is 1.50. The Hall–Kier alpha value is -3.30. The number of halogens is 2. The minimum atomic E-state index is -2.91. The molecule has 168 valence electrons. The van der Waals surface area contributed by atoms with Crippen LogP contribution in [0.4, 0.5) is 14.5 Å². The number of amides is 1. The SMILES string of the molecule is CCn1nc(-c2cccc(OC(F)F)c2)cc1C(=O)Nc1ccc(C2CNCCO2)cc1. The van der Waals surface area contributed by atoms with Crippen molar-refractivity contribution >= 4 is 11.6 Å². The highest BCUT2D eigenvalue weighted by Gasteiger charge is 2.18. The van der Waals surface area contributed by atoms with Gasteiger partial charge in [0.1, 0.15) is 11.4 Å². The van der Waals surface area contributed by atoms with E-state index in [-0.39, 0.29) is 17.8 Å². The fourth-order valence-electron chi connectivity index (χ4n) is 3.57. The van der Waals surface area contributed by atoms with Crippen LogP contribution in [0.25, 0.3) is 11.3 Å². The highest BCUT2D eigenvalue weighted by molar-refractivity contribution is 6.03. The number of ether oxygens (including phenoxy) is 2. The molecule has 1 atom stereocenters. The zero-order valence-electron chi connectivity index (χ0n) is 17.6. The molecule has 1 unspecified atom stereocenters. The molecule has 0 aliphatic carbocycles. The highest BCUT2D eigenvalue weighted by Crippen LogP contribution is 2.26. The number of carbonyl (C=O) groups excluding carboxylic acids is 1. The number of hydrogen-bond acceptors (Lipinski definition) is 5. The lowest BCUT2D eigenvalue weighted by atomic mass is 10.1. The number of aryl methyl sites for hydroxylation is 1. The third-order valence-corrected chi connectivity index (χ3v) is 5.14. The molecule has 1 fully saturated rings. The van der Waals surface area contributed by atoms with Gasteiger partial charge in [-0.3, -0.25) is 9.48 Å². The van der Waals surface area contributed by atoms with Crippen molar-refractivity contribution in [1.82, 2.24) is 15.1 Å². The molecule has 2 aromatic carbocycles. The molecular weight excluding hydrogens is 418 g/mol. The van der Waals surface area contributed by atoms with E-state index in [9.17, 15) is 13.6 Å². The molecule has 3 aromatic rings. The number of morpholine rings is 1. The van der Waals surface area contributed by atoms with Gasteiger partial charge >= 0.3 is 6.61 Å². The first kappa shape index (κ1) is 21.9. The lowest BCUT2D eigenvalue weighted by molar-refractivity contribution is -0.0498. The van der Waals surface area contributed by atoms with Crippen LogP contribution >= 0.6 is 0 Å². The summed E-state index contributed by atoms with van der Waals surface area (Å²) in [4.78, 5) is 12.9. The van der Waals surface area contributed by atoms with E-state index in [1.807, 2.05) is 31.2 Å². The Morgan fingerprint density at radius 1 is 1.28 bits per heavy atom. The first-order chi connectivity index (χ1) is 15.5. The predicted octanol–water partition coefficient (Wildman–Crippen LogP) is 4.08. The summed E-state index contributed by atoms with van der Waals surface area (Å²) in [6.45, 7) is 1.71. The maximum atomic E-state index is 12.9. The molecule has 7 nitrogen and oxygen atoms in total. The monoisotopic (exact) mass is 442 g/mol. The summed E-state index contributed by atoms with van der Waals surface area (Å²) in [7, 11) is 0. The summed E-state index contributed by atoms with van der Waals surface area (Å²) >= 11 is 0. The van der Waals surface area contributed by atoms with Crippen LogP contribution in [0.1, 0.15) is 29.1 Å². The standard InChI is InChI=1S/C23H24F2N4O3/c1-2-29-20(13-19(28-29)16-4-3-5-18(12-16)32-23(24)25)22(30)27-17-8-6-15(7-9-17)21-14-26-10-11-31-21/h3-9,12-13,21,23,26H,2,10-11,14H2,1H3,(H,27,30). The number of rotatable bonds is 7. The first-order valence-corrected chi connectivity index (χ1v) is 10.4. The van der Waals surface area contributed by atoms with Crippen molar-refractivity contribution in [3.8, 4) is 17.0 Å². The Morgan fingerprint density at radius 3 is 2.78 bits per heavy atom. The number of nitrogens with zero attached hydrogens (tertiary/aromatic N) is 2. The molecular formula is C23H24F2N4O3. The van der Waals surface area contributed by atoms with E-state index in [2.05, 4.69) is 20.5 Å². The molecule has 2 N–H and O–H groups in total. The summed E-state index contributed by atoms with van der Waals surface area (Å²) in [6.07, 6.45) is 0.00222.